The smallest absolute Gasteiger partial charge is 0.321 e. The molecule has 20 heavy (non-hydrogen) atoms. The largest absolute Gasteiger partial charge is 0.323 e. The number of carbonyl (C=O) groups is 1. The highest BCUT2D eigenvalue weighted by Crippen LogP contribution is 2.14. The van der Waals surface area contributed by atoms with Crippen molar-refractivity contribution < 1.29 is 9.18 Å². The molecule has 0 bridgehead atoms. The maximum Gasteiger partial charge on any atom is 0.321 e. The molecule has 6 heteroatoms. The molecule has 106 valence electrons. The molecule has 0 radical (unpaired) electrons. The first-order valence-electron chi connectivity index (χ1n) is 6.21. The van der Waals surface area contributed by atoms with E-state index in [9.17, 15) is 9.18 Å². The standard InChI is InChI=1S/C14H17FN4O/c1-10-4-5-12(6-13(10)15)17-14(20)18(2)8-11-7-16-19(3)9-11/h4-7,9H,8H2,1-3H3,(H,17,20). The number of urea groups is 1. The maximum atomic E-state index is 13.4. The zero-order chi connectivity index (χ0) is 14.7. The van der Waals surface area contributed by atoms with E-state index in [-0.39, 0.29) is 11.8 Å². The van der Waals surface area contributed by atoms with Gasteiger partial charge in [-0.1, -0.05) is 6.07 Å². The Kier molecular flexibility index (Phi) is 4.02. The molecule has 1 N–H and O–H groups in total. The minimum absolute atomic E-state index is 0.294. The Morgan fingerprint density at radius 1 is 1.50 bits per heavy atom. The Labute approximate surface area is 117 Å². The highest BCUT2D eigenvalue weighted by molar-refractivity contribution is 5.89. The minimum Gasteiger partial charge on any atom is -0.323 e. The number of aromatic nitrogens is 2. The summed E-state index contributed by atoms with van der Waals surface area (Å²) in [6, 6.07) is 4.32. The number of rotatable bonds is 3. The molecule has 2 amide bonds. The topological polar surface area (TPSA) is 50.2 Å². The predicted molar refractivity (Wildman–Crippen MR) is 74.8 cm³/mol. The Balaban J connectivity index is 1.98. The van der Waals surface area contributed by atoms with Crippen molar-refractivity contribution in [2.24, 2.45) is 7.05 Å². The van der Waals surface area contributed by atoms with Crippen molar-refractivity contribution in [2.75, 3.05) is 12.4 Å². The maximum absolute atomic E-state index is 13.4. The molecule has 1 heterocycles. The van der Waals surface area contributed by atoms with Gasteiger partial charge >= 0.3 is 6.03 Å². The van der Waals surface area contributed by atoms with E-state index >= 15 is 0 Å². The second-order valence-corrected chi connectivity index (χ2v) is 4.77. The lowest BCUT2D eigenvalue weighted by atomic mass is 10.2. The fraction of sp³-hybridized carbons (Fsp3) is 0.286. The van der Waals surface area contributed by atoms with Gasteiger partial charge < -0.3 is 10.2 Å². The summed E-state index contributed by atoms with van der Waals surface area (Å²) in [7, 11) is 3.49. The van der Waals surface area contributed by atoms with Crippen molar-refractivity contribution in [1.29, 1.82) is 0 Å². The molecular formula is C14H17FN4O. The van der Waals surface area contributed by atoms with Crippen molar-refractivity contribution in [3.8, 4) is 0 Å². The Bertz CT molecular complexity index is 623. The molecule has 2 aromatic rings. The predicted octanol–water partition coefficient (Wildman–Crippen LogP) is 2.53. The fourth-order valence-electron chi connectivity index (χ4n) is 1.79. The van der Waals surface area contributed by atoms with Crippen LogP contribution in [0.15, 0.2) is 30.6 Å². The van der Waals surface area contributed by atoms with Crippen molar-refractivity contribution in [2.45, 2.75) is 13.5 Å². The van der Waals surface area contributed by atoms with Crippen molar-refractivity contribution in [3.63, 3.8) is 0 Å². The molecule has 0 aliphatic carbocycles. The minimum atomic E-state index is -0.335. The molecule has 0 atom stereocenters. The summed E-state index contributed by atoms with van der Waals surface area (Å²) < 4.78 is 15.1. The number of hydrogen-bond donors (Lipinski definition) is 1. The lowest BCUT2D eigenvalue weighted by Gasteiger charge is -2.17. The second kappa shape index (κ2) is 5.73. The number of carbonyl (C=O) groups excluding carboxylic acids is 1. The lowest BCUT2D eigenvalue weighted by Crippen LogP contribution is -2.30. The van der Waals surface area contributed by atoms with Crippen LogP contribution in [0.3, 0.4) is 0 Å². The fourth-order valence-corrected chi connectivity index (χ4v) is 1.79. The molecule has 0 saturated carbocycles. The van der Waals surface area contributed by atoms with Gasteiger partial charge in [0.05, 0.1) is 12.7 Å². The number of amides is 2. The first-order chi connectivity index (χ1) is 9.45. The van der Waals surface area contributed by atoms with Crippen LogP contribution in [0.25, 0.3) is 0 Å². The molecule has 0 aliphatic heterocycles. The number of aryl methyl sites for hydroxylation is 2. The highest BCUT2D eigenvalue weighted by atomic mass is 19.1. The summed E-state index contributed by atoms with van der Waals surface area (Å²) in [6.07, 6.45) is 3.55. The number of halogens is 1. The van der Waals surface area contributed by atoms with Crippen LogP contribution < -0.4 is 5.32 Å². The zero-order valence-electron chi connectivity index (χ0n) is 11.7. The third-order valence-electron chi connectivity index (χ3n) is 2.95. The number of benzene rings is 1. The molecule has 0 spiro atoms. The van der Waals surface area contributed by atoms with Crippen LogP contribution >= 0.6 is 0 Å². The summed E-state index contributed by atoms with van der Waals surface area (Å²) in [6.45, 7) is 2.11. The van der Waals surface area contributed by atoms with E-state index < -0.39 is 0 Å². The van der Waals surface area contributed by atoms with Gasteiger partial charge in [0.25, 0.3) is 0 Å². The number of hydrogen-bond acceptors (Lipinski definition) is 2. The van der Waals surface area contributed by atoms with Gasteiger partial charge in [0.1, 0.15) is 5.82 Å². The molecule has 0 aliphatic rings. The van der Waals surface area contributed by atoms with Crippen LogP contribution in [-0.2, 0) is 13.6 Å². The van der Waals surface area contributed by atoms with Crippen molar-refractivity contribution in [3.05, 3.63) is 47.5 Å². The molecule has 1 aromatic heterocycles. The van der Waals surface area contributed by atoms with E-state index in [0.29, 0.717) is 17.8 Å². The van der Waals surface area contributed by atoms with Crippen LogP contribution in [-0.4, -0.2) is 27.8 Å². The summed E-state index contributed by atoms with van der Waals surface area (Å²) in [5, 5.41) is 6.70. The summed E-state index contributed by atoms with van der Waals surface area (Å²) >= 11 is 0. The lowest BCUT2D eigenvalue weighted by molar-refractivity contribution is 0.220. The Morgan fingerprint density at radius 2 is 2.25 bits per heavy atom. The normalized spacial score (nSPS) is 10.4. The molecule has 0 unspecified atom stereocenters. The number of nitrogens with zero attached hydrogens (tertiary/aromatic N) is 3. The number of nitrogens with one attached hydrogen (secondary N) is 1. The quantitative estimate of drug-likeness (QED) is 0.936. The molecule has 2 rings (SSSR count). The Hall–Kier alpha value is -2.37. The average Bonchev–Trinajstić information content (AvgIpc) is 2.79. The van der Waals surface area contributed by atoms with E-state index in [4.69, 9.17) is 0 Å². The first kappa shape index (κ1) is 14.0. The van der Waals surface area contributed by atoms with Crippen LogP contribution in [0.5, 0.6) is 0 Å². The second-order valence-electron chi connectivity index (χ2n) is 4.77. The monoisotopic (exact) mass is 276 g/mol. The van der Waals surface area contributed by atoms with Crippen LogP contribution in [0.1, 0.15) is 11.1 Å². The van der Waals surface area contributed by atoms with Gasteiger partial charge in [0.15, 0.2) is 0 Å². The van der Waals surface area contributed by atoms with Gasteiger partial charge in [-0.05, 0) is 24.6 Å². The molecule has 1 aromatic carbocycles. The summed E-state index contributed by atoms with van der Waals surface area (Å²) in [5.41, 5.74) is 1.92. The van der Waals surface area contributed by atoms with Crippen molar-refractivity contribution >= 4 is 11.7 Å². The highest BCUT2D eigenvalue weighted by Gasteiger charge is 2.11. The van der Waals surface area contributed by atoms with E-state index in [1.54, 1.807) is 37.0 Å². The number of anilines is 1. The van der Waals surface area contributed by atoms with Gasteiger partial charge in [0.2, 0.25) is 0 Å². The zero-order valence-corrected chi connectivity index (χ0v) is 11.7. The SMILES string of the molecule is Cc1ccc(NC(=O)N(C)Cc2cnn(C)c2)cc1F. The Morgan fingerprint density at radius 3 is 2.85 bits per heavy atom. The third-order valence-corrected chi connectivity index (χ3v) is 2.95. The third kappa shape index (κ3) is 3.34. The van der Waals surface area contributed by atoms with Gasteiger partial charge in [-0.3, -0.25) is 4.68 Å². The van der Waals surface area contributed by atoms with E-state index in [1.807, 2.05) is 13.2 Å². The molecule has 5 nitrogen and oxygen atoms in total. The van der Waals surface area contributed by atoms with Crippen LogP contribution in [0.4, 0.5) is 14.9 Å². The summed E-state index contributed by atoms with van der Waals surface area (Å²) in [4.78, 5) is 13.5. The molecule has 0 saturated heterocycles. The first-order valence-corrected chi connectivity index (χ1v) is 6.21. The van der Waals surface area contributed by atoms with Crippen LogP contribution in [0, 0.1) is 12.7 Å². The molecular weight excluding hydrogens is 259 g/mol. The van der Waals surface area contributed by atoms with E-state index in [0.717, 1.165) is 5.56 Å². The van der Waals surface area contributed by atoms with Gasteiger partial charge in [-0.15, -0.1) is 0 Å². The van der Waals surface area contributed by atoms with Gasteiger partial charge in [-0.25, -0.2) is 9.18 Å². The van der Waals surface area contributed by atoms with Crippen molar-refractivity contribution in [1.82, 2.24) is 14.7 Å². The van der Waals surface area contributed by atoms with Crippen LogP contribution in [0.2, 0.25) is 0 Å². The van der Waals surface area contributed by atoms with E-state index in [2.05, 4.69) is 10.4 Å². The van der Waals surface area contributed by atoms with Gasteiger partial charge in [-0.2, -0.15) is 5.10 Å². The molecule has 0 fully saturated rings. The van der Waals surface area contributed by atoms with Gasteiger partial charge in [0, 0.05) is 31.5 Å². The average molecular weight is 276 g/mol. The summed E-state index contributed by atoms with van der Waals surface area (Å²) in [5.74, 6) is -0.335. The van der Waals surface area contributed by atoms with E-state index in [1.165, 1.54) is 11.0 Å².